The van der Waals surface area contributed by atoms with Gasteiger partial charge in [0.1, 0.15) is 22.3 Å². The van der Waals surface area contributed by atoms with E-state index in [0.717, 1.165) is 27.4 Å². The number of rotatable bonds is 8. The maximum atomic E-state index is 13.3. The number of fused-ring (bicyclic) bond motifs is 1. The van der Waals surface area contributed by atoms with Crippen molar-refractivity contribution in [2.75, 3.05) is 20.0 Å². The molecule has 0 atom stereocenters. The minimum absolute atomic E-state index is 0.119. The van der Waals surface area contributed by atoms with Crippen LogP contribution in [0.3, 0.4) is 0 Å². The summed E-state index contributed by atoms with van der Waals surface area (Å²) in [6, 6.07) is 13.6. The minimum Gasteiger partial charge on any atom is -0.497 e. The van der Waals surface area contributed by atoms with E-state index in [4.69, 9.17) is 9.47 Å². The van der Waals surface area contributed by atoms with E-state index < -0.39 is 0 Å². The fraction of sp³-hybridized carbons (Fsp3) is 0.208. The molecule has 170 valence electrons. The Hall–Kier alpha value is -3.59. The van der Waals surface area contributed by atoms with E-state index >= 15 is 0 Å². The van der Waals surface area contributed by atoms with Crippen molar-refractivity contribution in [3.05, 3.63) is 71.8 Å². The zero-order valence-corrected chi connectivity index (χ0v) is 19.3. The van der Waals surface area contributed by atoms with Gasteiger partial charge in [0.2, 0.25) is 5.91 Å². The number of hydrogen-bond acceptors (Lipinski definition) is 6. The van der Waals surface area contributed by atoms with Crippen LogP contribution >= 0.6 is 11.8 Å². The highest BCUT2D eigenvalue weighted by atomic mass is 32.2. The molecule has 0 fully saturated rings. The predicted octanol–water partition coefficient (Wildman–Crippen LogP) is 4.27. The van der Waals surface area contributed by atoms with Crippen LogP contribution in [0.2, 0.25) is 0 Å². The molecule has 0 aliphatic carbocycles. The standard InChI is InChI=1S/C24H23FN4O3S/c1-15-10-23(29-24(28-15)20(13-27-29)16-4-7-18(25)8-5-16)33-14-22(30)26-12-17-6-9-19(31-2)11-21(17)32-3/h4-11,13H,12,14H2,1-3H3,(H,26,30). The molecule has 1 amide bonds. The van der Waals surface area contributed by atoms with Crippen molar-refractivity contribution in [2.24, 2.45) is 0 Å². The van der Waals surface area contributed by atoms with Crippen LogP contribution in [0.5, 0.6) is 11.5 Å². The molecule has 1 N–H and O–H groups in total. The number of carbonyl (C=O) groups excluding carboxylic acids is 1. The van der Waals surface area contributed by atoms with E-state index in [-0.39, 0.29) is 17.5 Å². The first-order valence-electron chi connectivity index (χ1n) is 10.2. The molecule has 0 unspecified atom stereocenters. The average Bonchev–Trinajstić information content (AvgIpc) is 3.25. The number of halogens is 1. The van der Waals surface area contributed by atoms with Crippen molar-refractivity contribution < 1.29 is 18.7 Å². The summed E-state index contributed by atoms with van der Waals surface area (Å²) in [6.07, 6.45) is 1.70. The Morgan fingerprint density at radius 2 is 1.91 bits per heavy atom. The van der Waals surface area contributed by atoms with Gasteiger partial charge in [-0.2, -0.15) is 5.10 Å². The number of amides is 1. The number of ether oxygens (including phenoxy) is 2. The molecule has 0 aliphatic rings. The number of benzene rings is 2. The summed E-state index contributed by atoms with van der Waals surface area (Å²) >= 11 is 1.37. The highest BCUT2D eigenvalue weighted by molar-refractivity contribution is 7.99. The highest BCUT2D eigenvalue weighted by Crippen LogP contribution is 2.28. The molecule has 0 saturated heterocycles. The van der Waals surface area contributed by atoms with Gasteiger partial charge < -0.3 is 14.8 Å². The lowest BCUT2D eigenvalue weighted by Gasteiger charge is -2.11. The van der Waals surface area contributed by atoms with E-state index in [2.05, 4.69) is 15.4 Å². The second-order valence-corrected chi connectivity index (χ2v) is 8.28. The van der Waals surface area contributed by atoms with Crippen LogP contribution in [0.1, 0.15) is 11.3 Å². The van der Waals surface area contributed by atoms with Gasteiger partial charge in [-0.25, -0.2) is 13.9 Å². The normalized spacial score (nSPS) is 10.9. The topological polar surface area (TPSA) is 77.8 Å². The third kappa shape index (κ3) is 5.09. The van der Waals surface area contributed by atoms with Gasteiger partial charge >= 0.3 is 0 Å². The number of thioether (sulfide) groups is 1. The summed E-state index contributed by atoms with van der Waals surface area (Å²) in [5.41, 5.74) is 3.95. The second-order valence-electron chi connectivity index (χ2n) is 7.28. The van der Waals surface area contributed by atoms with Gasteiger partial charge in [-0.3, -0.25) is 4.79 Å². The first kappa shape index (κ1) is 22.6. The minimum atomic E-state index is -0.297. The Balaban J connectivity index is 1.46. The molecular weight excluding hydrogens is 443 g/mol. The molecule has 7 nitrogen and oxygen atoms in total. The van der Waals surface area contributed by atoms with E-state index in [9.17, 15) is 9.18 Å². The molecule has 0 radical (unpaired) electrons. The largest absolute Gasteiger partial charge is 0.497 e. The summed E-state index contributed by atoms with van der Waals surface area (Å²) in [7, 11) is 3.17. The summed E-state index contributed by atoms with van der Waals surface area (Å²) in [5.74, 6) is 1.13. The quantitative estimate of drug-likeness (QED) is 0.309. The number of nitrogens with one attached hydrogen (secondary N) is 1. The van der Waals surface area contributed by atoms with Crippen LogP contribution in [-0.4, -0.2) is 40.5 Å². The van der Waals surface area contributed by atoms with Crippen LogP contribution in [0.25, 0.3) is 16.8 Å². The second kappa shape index (κ2) is 9.91. The number of aromatic nitrogens is 3. The van der Waals surface area contributed by atoms with Gasteiger partial charge in [0.15, 0.2) is 5.65 Å². The zero-order valence-electron chi connectivity index (χ0n) is 18.5. The molecule has 0 spiro atoms. The van der Waals surface area contributed by atoms with Crippen molar-refractivity contribution in [3.8, 4) is 22.6 Å². The first-order valence-corrected chi connectivity index (χ1v) is 11.2. The summed E-state index contributed by atoms with van der Waals surface area (Å²) in [6.45, 7) is 2.23. The molecule has 0 saturated carbocycles. The van der Waals surface area contributed by atoms with Crippen molar-refractivity contribution >= 4 is 23.3 Å². The van der Waals surface area contributed by atoms with E-state index in [1.807, 2.05) is 25.1 Å². The van der Waals surface area contributed by atoms with Crippen LogP contribution in [0, 0.1) is 12.7 Å². The lowest BCUT2D eigenvalue weighted by atomic mass is 10.1. The maximum absolute atomic E-state index is 13.3. The van der Waals surface area contributed by atoms with Gasteiger partial charge in [0, 0.05) is 29.4 Å². The molecule has 2 aromatic heterocycles. The molecule has 2 heterocycles. The fourth-order valence-corrected chi connectivity index (χ4v) is 4.26. The summed E-state index contributed by atoms with van der Waals surface area (Å²) in [5, 5.41) is 8.16. The molecule has 9 heteroatoms. The third-order valence-corrected chi connectivity index (χ3v) is 6.04. The van der Waals surface area contributed by atoms with E-state index in [1.165, 1.54) is 23.9 Å². The van der Waals surface area contributed by atoms with Crippen LogP contribution in [-0.2, 0) is 11.3 Å². The van der Waals surface area contributed by atoms with E-state index in [0.29, 0.717) is 23.7 Å². The van der Waals surface area contributed by atoms with E-state index in [1.54, 1.807) is 43.1 Å². The number of methoxy groups -OCH3 is 2. The Kier molecular flexibility index (Phi) is 6.79. The van der Waals surface area contributed by atoms with Gasteiger partial charge in [-0.05, 0) is 42.8 Å². The molecule has 0 bridgehead atoms. The number of hydrogen-bond donors (Lipinski definition) is 1. The lowest BCUT2D eigenvalue weighted by Crippen LogP contribution is -2.25. The third-order valence-electron chi connectivity index (χ3n) is 5.04. The van der Waals surface area contributed by atoms with Gasteiger partial charge in [-0.1, -0.05) is 23.9 Å². The highest BCUT2D eigenvalue weighted by Gasteiger charge is 2.14. The number of nitrogens with zero attached hydrogens (tertiary/aromatic N) is 3. The Morgan fingerprint density at radius 3 is 2.64 bits per heavy atom. The smallest absolute Gasteiger partial charge is 0.230 e. The molecular formula is C24H23FN4O3S. The van der Waals surface area contributed by atoms with Gasteiger partial charge in [0.25, 0.3) is 0 Å². The maximum Gasteiger partial charge on any atom is 0.230 e. The van der Waals surface area contributed by atoms with Crippen LogP contribution in [0.15, 0.2) is 59.8 Å². The molecule has 4 rings (SSSR count). The SMILES string of the molecule is COc1ccc(CNC(=O)CSc2cc(C)nc3c(-c4ccc(F)cc4)cnn23)c(OC)c1. The zero-order chi connectivity index (χ0) is 23.4. The predicted molar refractivity (Wildman–Crippen MR) is 125 cm³/mol. The Labute approximate surface area is 194 Å². The number of carbonyl (C=O) groups is 1. The van der Waals surface area contributed by atoms with Crippen molar-refractivity contribution in [1.82, 2.24) is 19.9 Å². The Bertz CT molecular complexity index is 1290. The van der Waals surface area contributed by atoms with Gasteiger partial charge in [-0.15, -0.1) is 0 Å². The average molecular weight is 467 g/mol. The summed E-state index contributed by atoms with van der Waals surface area (Å²) < 4.78 is 25.6. The summed E-state index contributed by atoms with van der Waals surface area (Å²) in [4.78, 5) is 17.1. The molecule has 0 aliphatic heterocycles. The monoisotopic (exact) mass is 466 g/mol. The van der Waals surface area contributed by atoms with Crippen LogP contribution < -0.4 is 14.8 Å². The molecule has 4 aromatic rings. The first-order chi connectivity index (χ1) is 16.0. The lowest BCUT2D eigenvalue weighted by molar-refractivity contribution is -0.118. The Morgan fingerprint density at radius 1 is 1.12 bits per heavy atom. The van der Waals surface area contributed by atoms with Crippen molar-refractivity contribution in [3.63, 3.8) is 0 Å². The number of aryl methyl sites for hydroxylation is 1. The van der Waals surface area contributed by atoms with Crippen LogP contribution in [0.4, 0.5) is 4.39 Å². The van der Waals surface area contributed by atoms with Crippen molar-refractivity contribution in [2.45, 2.75) is 18.5 Å². The fourth-order valence-electron chi connectivity index (χ4n) is 3.37. The molecule has 33 heavy (non-hydrogen) atoms. The molecule has 2 aromatic carbocycles. The van der Waals surface area contributed by atoms with Crippen molar-refractivity contribution in [1.29, 1.82) is 0 Å². The van der Waals surface area contributed by atoms with Gasteiger partial charge in [0.05, 0.1) is 26.2 Å².